The first-order chi connectivity index (χ1) is 6.87. The third-order valence-electron chi connectivity index (χ3n) is 2.68. The fourth-order valence-electron chi connectivity index (χ4n) is 1.71. The Kier molecular flexibility index (Phi) is 3.72. The number of rotatable bonds is 2. The van der Waals surface area contributed by atoms with E-state index in [1.165, 1.54) is 7.11 Å². The highest BCUT2D eigenvalue weighted by Gasteiger charge is 2.34. The fourth-order valence-corrected chi connectivity index (χ4v) is 3.19. The molecule has 0 aromatic carbocycles. The molecule has 1 rings (SSSR count). The van der Waals surface area contributed by atoms with Crippen LogP contribution in [-0.2, 0) is 19.4 Å². The van der Waals surface area contributed by atoms with Gasteiger partial charge in [-0.3, -0.25) is 4.79 Å². The van der Waals surface area contributed by atoms with Crippen LogP contribution in [0.15, 0.2) is 0 Å². The van der Waals surface area contributed by atoms with Crippen molar-refractivity contribution in [1.82, 2.24) is 0 Å². The van der Waals surface area contributed by atoms with Gasteiger partial charge in [-0.25, -0.2) is 8.42 Å². The molecule has 1 unspecified atom stereocenters. The molecule has 0 radical (unpaired) electrons. The lowest BCUT2D eigenvalue weighted by Gasteiger charge is -2.24. The molecule has 0 aromatic heterocycles. The molecule has 1 N–H and O–H groups in total. The van der Waals surface area contributed by atoms with Crippen molar-refractivity contribution in [1.29, 1.82) is 0 Å². The maximum atomic E-state index is 11.3. The molecule has 0 amide bonds. The van der Waals surface area contributed by atoms with Crippen molar-refractivity contribution in [3.8, 4) is 0 Å². The van der Waals surface area contributed by atoms with Crippen molar-refractivity contribution in [3.05, 3.63) is 0 Å². The van der Waals surface area contributed by atoms with Gasteiger partial charge in [0.1, 0.15) is 9.84 Å². The highest BCUT2D eigenvalue weighted by molar-refractivity contribution is 7.91. The van der Waals surface area contributed by atoms with Crippen LogP contribution in [0.3, 0.4) is 0 Å². The summed E-state index contributed by atoms with van der Waals surface area (Å²) in [5.74, 6) is -0.464. The second-order valence-corrected chi connectivity index (χ2v) is 6.29. The second kappa shape index (κ2) is 4.49. The Morgan fingerprint density at radius 2 is 2.07 bits per heavy atom. The van der Waals surface area contributed by atoms with Gasteiger partial charge in [0.15, 0.2) is 0 Å². The lowest BCUT2D eigenvalue weighted by Crippen LogP contribution is -2.32. The summed E-state index contributed by atoms with van der Waals surface area (Å²) in [5.41, 5.74) is -1.21. The van der Waals surface area contributed by atoms with E-state index in [-0.39, 0.29) is 24.3 Å². The van der Waals surface area contributed by atoms with E-state index in [1.54, 1.807) is 0 Å². The van der Waals surface area contributed by atoms with Crippen molar-refractivity contribution in [2.45, 2.75) is 31.3 Å². The number of hydrogen-bond donors (Lipinski definition) is 1. The molecule has 15 heavy (non-hydrogen) atoms. The third-order valence-corrected chi connectivity index (χ3v) is 4.41. The van der Waals surface area contributed by atoms with Crippen LogP contribution in [-0.4, -0.2) is 43.7 Å². The van der Waals surface area contributed by atoms with Crippen LogP contribution in [0.1, 0.15) is 25.7 Å². The van der Waals surface area contributed by atoms with Crippen LogP contribution in [0.5, 0.6) is 0 Å². The number of aliphatic hydroxyl groups is 1. The largest absolute Gasteiger partial charge is 0.469 e. The molecule has 1 atom stereocenters. The number of ether oxygens (including phenoxy) is 1. The molecular formula is C9H16O5S. The summed E-state index contributed by atoms with van der Waals surface area (Å²) < 4.78 is 27.0. The first-order valence-electron chi connectivity index (χ1n) is 4.87. The molecule has 1 fully saturated rings. The van der Waals surface area contributed by atoms with E-state index in [0.717, 1.165) is 0 Å². The minimum atomic E-state index is -3.04. The summed E-state index contributed by atoms with van der Waals surface area (Å²) in [7, 11) is -1.80. The zero-order chi connectivity index (χ0) is 11.5. The van der Waals surface area contributed by atoms with Gasteiger partial charge in [-0.05, 0) is 19.3 Å². The van der Waals surface area contributed by atoms with Crippen LogP contribution in [0.4, 0.5) is 0 Å². The number of hydrogen-bond acceptors (Lipinski definition) is 5. The van der Waals surface area contributed by atoms with Gasteiger partial charge in [0.2, 0.25) is 0 Å². The molecule has 0 aromatic rings. The van der Waals surface area contributed by atoms with E-state index in [9.17, 15) is 18.3 Å². The minimum absolute atomic E-state index is 0.0551. The van der Waals surface area contributed by atoms with Gasteiger partial charge in [-0.1, -0.05) is 0 Å². The van der Waals surface area contributed by atoms with E-state index in [2.05, 4.69) is 4.74 Å². The first-order valence-corrected chi connectivity index (χ1v) is 6.69. The van der Waals surface area contributed by atoms with Gasteiger partial charge >= 0.3 is 5.97 Å². The Morgan fingerprint density at radius 3 is 2.67 bits per heavy atom. The maximum absolute atomic E-state index is 11.3. The van der Waals surface area contributed by atoms with Crippen molar-refractivity contribution in [2.24, 2.45) is 0 Å². The quantitative estimate of drug-likeness (QED) is 0.676. The number of methoxy groups -OCH3 is 1. The van der Waals surface area contributed by atoms with Crippen molar-refractivity contribution < 1.29 is 23.1 Å². The summed E-state index contributed by atoms with van der Waals surface area (Å²) in [6.07, 6.45) is 0.723. The molecule has 1 aliphatic rings. The van der Waals surface area contributed by atoms with E-state index < -0.39 is 21.4 Å². The molecule has 0 aliphatic carbocycles. The monoisotopic (exact) mass is 236 g/mol. The molecule has 88 valence electrons. The lowest BCUT2D eigenvalue weighted by molar-refractivity contribution is -0.146. The number of carbonyl (C=O) groups excluding carboxylic acids is 1. The molecule has 0 bridgehead atoms. The van der Waals surface area contributed by atoms with Crippen molar-refractivity contribution in [3.63, 3.8) is 0 Å². The van der Waals surface area contributed by atoms with Gasteiger partial charge in [0, 0.05) is 0 Å². The highest BCUT2D eigenvalue weighted by atomic mass is 32.2. The molecule has 1 saturated heterocycles. The standard InChI is InChI=1S/C9H16O5S/c1-14-8(10)7-9(11)3-2-5-15(12,13)6-4-9/h11H,2-7H2,1H3. The average Bonchev–Trinajstić information content (AvgIpc) is 2.26. The van der Waals surface area contributed by atoms with Crippen molar-refractivity contribution in [2.75, 3.05) is 18.6 Å². The summed E-state index contributed by atoms with van der Waals surface area (Å²) in [5, 5.41) is 10.0. The topological polar surface area (TPSA) is 80.7 Å². The Bertz CT molecular complexity index is 334. The van der Waals surface area contributed by atoms with E-state index in [4.69, 9.17) is 0 Å². The Labute approximate surface area is 89.3 Å². The first kappa shape index (κ1) is 12.4. The average molecular weight is 236 g/mol. The van der Waals surface area contributed by atoms with Gasteiger partial charge in [0.05, 0.1) is 30.6 Å². The molecule has 1 heterocycles. The highest BCUT2D eigenvalue weighted by Crippen LogP contribution is 2.26. The van der Waals surface area contributed by atoms with Gasteiger partial charge < -0.3 is 9.84 Å². The molecule has 6 heteroatoms. The van der Waals surface area contributed by atoms with E-state index in [0.29, 0.717) is 12.8 Å². The lowest BCUT2D eigenvalue weighted by atomic mass is 9.91. The van der Waals surface area contributed by atoms with Crippen molar-refractivity contribution >= 4 is 15.8 Å². The molecule has 5 nitrogen and oxygen atoms in total. The smallest absolute Gasteiger partial charge is 0.308 e. The third kappa shape index (κ3) is 3.79. The van der Waals surface area contributed by atoms with Gasteiger partial charge in [-0.15, -0.1) is 0 Å². The normalized spacial score (nSPS) is 30.5. The summed E-state index contributed by atoms with van der Waals surface area (Å²) in [4.78, 5) is 11.0. The Morgan fingerprint density at radius 1 is 1.40 bits per heavy atom. The summed E-state index contributed by atoms with van der Waals surface area (Å²) >= 11 is 0. The maximum Gasteiger partial charge on any atom is 0.308 e. The van der Waals surface area contributed by atoms with E-state index in [1.807, 2.05) is 0 Å². The Hall–Kier alpha value is -0.620. The van der Waals surface area contributed by atoms with Gasteiger partial charge in [0.25, 0.3) is 0 Å². The van der Waals surface area contributed by atoms with Crippen LogP contribution >= 0.6 is 0 Å². The minimum Gasteiger partial charge on any atom is -0.469 e. The number of sulfone groups is 1. The molecular weight excluding hydrogens is 220 g/mol. The zero-order valence-electron chi connectivity index (χ0n) is 8.73. The van der Waals surface area contributed by atoms with Crippen LogP contribution in [0.2, 0.25) is 0 Å². The number of esters is 1. The molecule has 0 saturated carbocycles. The molecule has 1 aliphatic heterocycles. The fraction of sp³-hybridized carbons (Fsp3) is 0.889. The number of carbonyl (C=O) groups is 1. The predicted octanol–water partition coefficient (Wildman–Crippen LogP) is -0.121. The van der Waals surface area contributed by atoms with Crippen LogP contribution in [0.25, 0.3) is 0 Å². The summed E-state index contributed by atoms with van der Waals surface area (Å²) in [6.45, 7) is 0. The SMILES string of the molecule is COC(=O)CC1(O)CCCS(=O)(=O)CC1. The second-order valence-electron chi connectivity index (χ2n) is 3.98. The van der Waals surface area contributed by atoms with Gasteiger partial charge in [-0.2, -0.15) is 0 Å². The van der Waals surface area contributed by atoms with Crippen LogP contribution < -0.4 is 0 Å². The van der Waals surface area contributed by atoms with Crippen LogP contribution in [0, 0.1) is 0 Å². The Balaban J connectivity index is 2.66. The summed E-state index contributed by atoms with van der Waals surface area (Å²) in [6, 6.07) is 0. The molecule has 0 spiro atoms. The zero-order valence-corrected chi connectivity index (χ0v) is 9.55. The predicted molar refractivity (Wildman–Crippen MR) is 54.1 cm³/mol. The van der Waals surface area contributed by atoms with E-state index >= 15 is 0 Å².